The highest BCUT2D eigenvalue weighted by molar-refractivity contribution is 6.08. The lowest BCUT2D eigenvalue weighted by Crippen LogP contribution is -2.31. The molecule has 1 aliphatic rings. The highest BCUT2D eigenvalue weighted by Crippen LogP contribution is 2.37. The minimum Gasteiger partial charge on any atom is -0.503 e. The van der Waals surface area contributed by atoms with Gasteiger partial charge in [-0.3, -0.25) is 9.59 Å². The van der Waals surface area contributed by atoms with Crippen molar-refractivity contribution in [1.82, 2.24) is 4.90 Å². The maximum absolute atomic E-state index is 12.1. The van der Waals surface area contributed by atoms with Crippen molar-refractivity contribution in [3.8, 4) is 11.8 Å². The molecule has 0 saturated carbocycles. The van der Waals surface area contributed by atoms with E-state index in [0.29, 0.717) is 17.9 Å². The Labute approximate surface area is 128 Å². The van der Waals surface area contributed by atoms with E-state index >= 15 is 0 Å². The lowest BCUT2D eigenvalue weighted by atomic mass is 9.97. The van der Waals surface area contributed by atoms with E-state index in [9.17, 15) is 14.7 Å². The van der Waals surface area contributed by atoms with Crippen molar-refractivity contribution in [3.63, 3.8) is 0 Å². The van der Waals surface area contributed by atoms with Crippen LogP contribution in [-0.4, -0.2) is 34.8 Å². The molecular formula is C16H16N2O4. The van der Waals surface area contributed by atoms with Gasteiger partial charge in [0.05, 0.1) is 24.3 Å². The molecule has 1 aliphatic heterocycles. The second kappa shape index (κ2) is 6.31. The summed E-state index contributed by atoms with van der Waals surface area (Å²) in [6, 6.07) is 8.01. The molecule has 0 fully saturated rings. The van der Waals surface area contributed by atoms with Crippen LogP contribution in [0.3, 0.4) is 0 Å². The summed E-state index contributed by atoms with van der Waals surface area (Å²) >= 11 is 0. The summed E-state index contributed by atoms with van der Waals surface area (Å²) < 4.78 is 5.35. The summed E-state index contributed by atoms with van der Waals surface area (Å²) in [5.74, 6) is -1.02. The molecule has 1 aromatic rings. The number of ketones is 1. The minimum absolute atomic E-state index is 0.0180. The van der Waals surface area contributed by atoms with Crippen molar-refractivity contribution in [2.45, 2.75) is 19.9 Å². The molecule has 0 spiro atoms. The Balaban J connectivity index is 2.45. The fourth-order valence-electron chi connectivity index (χ4n) is 2.51. The number of nitrogens with zero attached hydrogens (tertiary/aromatic N) is 2. The average molecular weight is 300 g/mol. The van der Waals surface area contributed by atoms with Crippen LogP contribution in [0.1, 0.15) is 25.5 Å². The van der Waals surface area contributed by atoms with Crippen LogP contribution < -0.4 is 4.74 Å². The van der Waals surface area contributed by atoms with Gasteiger partial charge in [0.2, 0.25) is 0 Å². The zero-order valence-corrected chi connectivity index (χ0v) is 12.4. The molecule has 0 unspecified atom stereocenters. The number of aliphatic hydroxyl groups is 1. The number of carbonyl (C=O) groups is 2. The Morgan fingerprint density at radius 1 is 1.41 bits per heavy atom. The van der Waals surface area contributed by atoms with Crippen molar-refractivity contribution >= 4 is 11.7 Å². The molecule has 0 saturated heterocycles. The first-order valence-corrected chi connectivity index (χ1v) is 6.86. The van der Waals surface area contributed by atoms with Gasteiger partial charge < -0.3 is 14.7 Å². The summed E-state index contributed by atoms with van der Waals surface area (Å²) in [5, 5.41) is 18.8. The second-order valence-electron chi connectivity index (χ2n) is 4.81. The number of rotatable bonds is 5. The molecule has 0 bridgehead atoms. The predicted molar refractivity (Wildman–Crippen MR) is 78.0 cm³/mol. The molecule has 114 valence electrons. The zero-order valence-electron chi connectivity index (χ0n) is 12.4. The van der Waals surface area contributed by atoms with Crippen LogP contribution in [0.15, 0.2) is 35.6 Å². The SMILES string of the molecule is CCOc1ccc([C@H]2C(C(C)=O)=C(O)C(=O)N2CC#N)cc1. The van der Waals surface area contributed by atoms with Crippen LogP contribution in [0.25, 0.3) is 0 Å². The maximum atomic E-state index is 12.1. The van der Waals surface area contributed by atoms with Gasteiger partial charge in [-0.1, -0.05) is 12.1 Å². The molecule has 1 amide bonds. The Kier molecular flexibility index (Phi) is 4.47. The van der Waals surface area contributed by atoms with Crippen molar-refractivity contribution in [1.29, 1.82) is 5.26 Å². The summed E-state index contributed by atoms with van der Waals surface area (Å²) in [7, 11) is 0. The summed E-state index contributed by atoms with van der Waals surface area (Å²) in [6.45, 7) is 3.47. The third-order valence-electron chi connectivity index (χ3n) is 3.43. The average Bonchev–Trinajstić information content (AvgIpc) is 2.74. The quantitative estimate of drug-likeness (QED) is 0.839. The first-order chi connectivity index (χ1) is 10.5. The number of nitriles is 1. The van der Waals surface area contributed by atoms with E-state index in [0.717, 1.165) is 0 Å². The Hall–Kier alpha value is -2.81. The second-order valence-corrected chi connectivity index (χ2v) is 4.81. The van der Waals surface area contributed by atoms with Crippen LogP contribution >= 0.6 is 0 Å². The van der Waals surface area contributed by atoms with E-state index in [2.05, 4.69) is 0 Å². The first kappa shape index (κ1) is 15.6. The van der Waals surface area contributed by atoms with Crippen LogP contribution in [0.5, 0.6) is 5.75 Å². The number of Topliss-reactive ketones (excluding diaryl/α,β-unsaturated/α-hetero) is 1. The van der Waals surface area contributed by atoms with E-state index in [1.54, 1.807) is 24.3 Å². The fourth-order valence-corrected chi connectivity index (χ4v) is 2.51. The number of ether oxygens (including phenoxy) is 1. The summed E-state index contributed by atoms with van der Waals surface area (Å²) in [5.41, 5.74) is 0.658. The monoisotopic (exact) mass is 300 g/mol. The normalized spacial score (nSPS) is 17.6. The number of hydrogen-bond acceptors (Lipinski definition) is 5. The van der Waals surface area contributed by atoms with Crippen LogP contribution in [0.4, 0.5) is 0 Å². The Bertz CT molecular complexity index is 670. The Morgan fingerprint density at radius 2 is 2.05 bits per heavy atom. The van der Waals surface area contributed by atoms with Gasteiger partial charge in [0.25, 0.3) is 5.91 Å². The predicted octanol–water partition coefficient (Wildman–Crippen LogP) is 1.89. The zero-order chi connectivity index (χ0) is 16.3. The van der Waals surface area contributed by atoms with Gasteiger partial charge in [-0.15, -0.1) is 0 Å². The van der Waals surface area contributed by atoms with Gasteiger partial charge >= 0.3 is 0 Å². The van der Waals surface area contributed by atoms with Crippen LogP contribution in [0.2, 0.25) is 0 Å². The number of amides is 1. The smallest absolute Gasteiger partial charge is 0.290 e. The number of benzene rings is 1. The molecule has 2 rings (SSSR count). The molecule has 0 aromatic heterocycles. The lowest BCUT2D eigenvalue weighted by molar-refractivity contribution is -0.128. The van der Waals surface area contributed by atoms with Gasteiger partial charge in [0.1, 0.15) is 12.3 Å². The van der Waals surface area contributed by atoms with Gasteiger partial charge in [-0.2, -0.15) is 5.26 Å². The van der Waals surface area contributed by atoms with Crippen molar-refractivity contribution in [3.05, 3.63) is 41.2 Å². The van der Waals surface area contributed by atoms with Gasteiger partial charge in [-0.25, -0.2) is 0 Å². The van der Waals surface area contributed by atoms with Crippen LogP contribution in [0, 0.1) is 11.3 Å². The molecule has 6 heteroatoms. The van der Waals surface area contributed by atoms with Crippen LogP contribution in [-0.2, 0) is 9.59 Å². The fraction of sp³-hybridized carbons (Fsp3) is 0.312. The molecule has 1 N–H and O–H groups in total. The van der Waals surface area contributed by atoms with Crippen molar-refractivity contribution in [2.75, 3.05) is 13.2 Å². The molecule has 1 heterocycles. The van der Waals surface area contributed by atoms with E-state index in [4.69, 9.17) is 10.00 Å². The highest BCUT2D eigenvalue weighted by Gasteiger charge is 2.42. The molecule has 0 aliphatic carbocycles. The first-order valence-electron chi connectivity index (χ1n) is 6.86. The topological polar surface area (TPSA) is 90.6 Å². The Morgan fingerprint density at radius 3 is 2.55 bits per heavy atom. The molecule has 1 aromatic carbocycles. The molecule has 6 nitrogen and oxygen atoms in total. The van der Waals surface area contributed by atoms with E-state index in [-0.39, 0.29) is 12.1 Å². The van der Waals surface area contributed by atoms with Gasteiger partial charge in [0.15, 0.2) is 11.5 Å². The molecule has 1 atom stereocenters. The number of hydrogen-bond donors (Lipinski definition) is 1. The van der Waals surface area contributed by atoms with E-state index in [1.807, 2.05) is 13.0 Å². The minimum atomic E-state index is -0.750. The van der Waals surface area contributed by atoms with E-state index < -0.39 is 23.5 Å². The molecule has 22 heavy (non-hydrogen) atoms. The largest absolute Gasteiger partial charge is 0.503 e. The van der Waals surface area contributed by atoms with Crippen molar-refractivity contribution < 1.29 is 19.4 Å². The standard InChI is InChI=1S/C16H16N2O4/c1-3-22-12-6-4-11(5-7-12)14-13(10(2)19)15(20)16(21)18(14)9-8-17/h4-7,14,20H,3,9H2,1-2H3/t14-/m0/s1. The molecular weight excluding hydrogens is 284 g/mol. The third-order valence-corrected chi connectivity index (χ3v) is 3.43. The molecule has 0 radical (unpaired) electrons. The summed E-state index contributed by atoms with van der Waals surface area (Å²) in [6.07, 6.45) is 0. The highest BCUT2D eigenvalue weighted by atomic mass is 16.5. The third kappa shape index (κ3) is 2.66. The van der Waals surface area contributed by atoms with E-state index in [1.165, 1.54) is 11.8 Å². The number of aliphatic hydroxyl groups excluding tert-OH is 1. The van der Waals surface area contributed by atoms with Gasteiger partial charge in [0, 0.05) is 0 Å². The van der Waals surface area contributed by atoms with Gasteiger partial charge in [-0.05, 0) is 31.5 Å². The maximum Gasteiger partial charge on any atom is 0.290 e. The summed E-state index contributed by atoms with van der Waals surface area (Å²) in [4.78, 5) is 25.0. The number of carbonyl (C=O) groups excluding carboxylic acids is 2. The van der Waals surface area contributed by atoms with Crippen molar-refractivity contribution in [2.24, 2.45) is 0 Å². The lowest BCUT2D eigenvalue weighted by Gasteiger charge is -2.24.